The molecular weight excluding hydrogens is 270 g/mol. The van der Waals surface area contributed by atoms with E-state index in [1.54, 1.807) is 11.8 Å². The number of tetrazole rings is 1. The molecule has 0 unspecified atom stereocenters. The van der Waals surface area contributed by atoms with Gasteiger partial charge in [-0.3, -0.25) is 0 Å². The molecule has 1 N–H and O–H groups in total. The van der Waals surface area contributed by atoms with Crippen LogP contribution < -0.4 is 5.32 Å². The van der Waals surface area contributed by atoms with Crippen LogP contribution in [-0.2, 0) is 9.47 Å². The molecule has 7 heteroatoms. The Kier molecular flexibility index (Phi) is 6.63. The van der Waals surface area contributed by atoms with Gasteiger partial charge in [0.15, 0.2) is 0 Å². The fourth-order valence-corrected chi connectivity index (χ4v) is 1.81. The normalized spacial score (nSPS) is 10.7. The highest BCUT2D eigenvalue weighted by Crippen LogP contribution is 2.10. The fraction of sp³-hybridized carbons (Fsp3) is 0.500. The van der Waals surface area contributed by atoms with Crippen LogP contribution in [0, 0.1) is 0 Å². The molecule has 7 nitrogen and oxygen atoms in total. The lowest BCUT2D eigenvalue weighted by atomic mass is 10.3. The van der Waals surface area contributed by atoms with E-state index in [1.165, 1.54) is 0 Å². The number of hydrogen-bond acceptors (Lipinski definition) is 6. The Bertz CT molecular complexity index is 503. The first-order valence-electron chi connectivity index (χ1n) is 7.06. The van der Waals surface area contributed by atoms with Gasteiger partial charge in [-0.25, -0.2) is 0 Å². The number of unbranched alkanes of at least 4 members (excludes halogenated alkanes) is 1. The van der Waals surface area contributed by atoms with Gasteiger partial charge in [0.2, 0.25) is 5.95 Å². The van der Waals surface area contributed by atoms with Crippen molar-refractivity contribution < 1.29 is 9.47 Å². The zero-order chi connectivity index (χ0) is 14.8. The second-order valence-corrected chi connectivity index (χ2v) is 4.49. The van der Waals surface area contributed by atoms with Gasteiger partial charge < -0.3 is 14.8 Å². The van der Waals surface area contributed by atoms with Gasteiger partial charge in [-0.2, -0.15) is 4.68 Å². The van der Waals surface area contributed by atoms with Gasteiger partial charge in [-0.05, 0) is 35.4 Å². The van der Waals surface area contributed by atoms with Crippen LogP contribution >= 0.6 is 0 Å². The molecule has 0 radical (unpaired) electrons. The SMILES string of the molecule is COCCOCCCCNc1nnnn1-c1ccccc1. The lowest BCUT2D eigenvalue weighted by molar-refractivity contribution is 0.0691. The van der Waals surface area contributed by atoms with Crippen molar-refractivity contribution in [3.05, 3.63) is 30.3 Å². The molecule has 2 aromatic rings. The topological polar surface area (TPSA) is 74.1 Å². The van der Waals surface area contributed by atoms with Crippen molar-refractivity contribution in [2.75, 3.05) is 38.8 Å². The lowest BCUT2D eigenvalue weighted by Crippen LogP contribution is -2.10. The standard InChI is InChI=1S/C14H21N5O2/c1-20-11-12-21-10-6-5-9-15-14-16-17-18-19(14)13-7-3-2-4-8-13/h2-4,7-8H,5-6,9-12H2,1H3,(H,15,16,18). The summed E-state index contributed by atoms with van der Waals surface area (Å²) in [5.41, 5.74) is 0.938. The van der Waals surface area contributed by atoms with Gasteiger partial charge in [-0.1, -0.05) is 23.3 Å². The predicted molar refractivity (Wildman–Crippen MR) is 79.6 cm³/mol. The minimum atomic E-state index is 0.643. The van der Waals surface area contributed by atoms with E-state index in [-0.39, 0.29) is 0 Å². The van der Waals surface area contributed by atoms with Crippen molar-refractivity contribution >= 4 is 5.95 Å². The van der Waals surface area contributed by atoms with E-state index in [4.69, 9.17) is 9.47 Å². The summed E-state index contributed by atoms with van der Waals surface area (Å²) in [4.78, 5) is 0. The van der Waals surface area contributed by atoms with Crippen LogP contribution in [0.1, 0.15) is 12.8 Å². The molecular formula is C14H21N5O2. The van der Waals surface area contributed by atoms with Crippen LogP contribution in [0.3, 0.4) is 0 Å². The van der Waals surface area contributed by atoms with E-state index in [2.05, 4.69) is 20.8 Å². The van der Waals surface area contributed by atoms with Crippen LogP contribution in [0.25, 0.3) is 5.69 Å². The number of para-hydroxylation sites is 1. The molecule has 21 heavy (non-hydrogen) atoms. The van der Waals surface area contributed by atoms with Gasteiger partial charge in [0.1, 0.15) is 0 Å². The van der Waals surface area contributed by atoms with E-state index in [0.717, 1.165) is 31.7 Å². The van der Waals surface area contributed by atoms with Crippen molar-refractivity contribution in [2.45, 2.75) is 12.8 Å². The first-order valence-corrected chi connectivity index (χ1v) is 7.06. The molecule has 0 saturated heterocycles. The first-order chi connectivity index (χ1) is 10.4. The summed E-state index contributed by atoms with van der Waals surface area (Å²) < 4.78 is 12.0. The smallest absolute Gasteiger partial charge is 0.247 e. The van der Waals surface area contributed by atoms with Crippen molar-refractivity contribution in [3.8, 4) is 5.69 Å². The highest BCUT2D eigenvalue weighted by Gasteiger charge is 2.06. The van der Waals surface area contributed by atoms with Gasteiger partial charge in [0.05, 0.1) is 18.9 Å². The quantitative estimate of drug-likeness (QED) is 0.669. The molecule has 0 aliphatic carbocycles. The molecule has 1 aromatic carbocycles. The maximum absolute atomic E-state index is 5.41. The Balaban J connectivity index is 1.69. The molecule has 0 aliphatic heterocycles. The van der Waals surface area contributed by atoms with Gasteiger partial charge >= 0.3 is 0 Å². The number of methoxy groups -OCH3 is 1. The third-order valence-corrected chi connectivity index (χ3v) is 2.90. The number of nitrogens with zero attached hydrogens (tertiary/aromatic N) is 4. The fourth-order valence-electron chi connectivity index (χ4n) is 1.81. The third kappa shape index (κ3) is 5.13. The summed E-state index contributed by atoms with van der Waals surface area (Å²) in [5.74, 6) is 0.654. The number of anilines is 1. The van der Waals surface area contributed by atoms with Crippen molar-refractivity contribution in [3.63, 3.8) is 0 Å². The Morgan fingerprint density at radius 3 is 2.76 bits per heavy atom. The number of hydrogen-bond donors (Lipinski definition) is 1. The molecule has 114 valence electrons. The van der Waals surface area contributed by atoms with E-state index in [9.17, 15) is 0 Å². The number of benzene rings is 1. The zero-order valence-electron chi connectivity index (χ0n) is 12.2. The summed E-state index contributed by atoms with van der Waals surface area (Å²) in [5, 5.41) is 14.9. The van der Waals surface area contributed by atoms with Crippen molar-refractivity contribution in [1.82, 2.24) is 20.2 Å². The van der Waals surface area contributed by atoms with E-state index in [1.807, 2.05) is 30.3 Å². The monoisotopic (exact) mass is 291 g/mol. The van der Waals surface area contributed by atoms with Crippen LogP contribution in [0.15, 0.2) is 30.3 Å². The summed E-state index contributed by atoms with van der Waals surface area (Å²) in [6, 6.07) is 9.80. The average molecular weight is 291 g/mol. The molecule has 0 spiro atoms. The summed E-state index contributed by atoms with van der Waals surface area (Å²) in [7, 11) is 1.67. The van der Waals surface area contributed by atoms with E-state index < -0.39 is 0 Å². The zero-order valence-corrected chi connectivity index (χ0v) is 12.2. The van der Waals surface area contributed by atoms with Crippen LogP contribution in [0.5, 0.6) is 0 Å². The number of aromatic nitrogens is 4. The highest BCUT2D eigenvalue weighted by molar-refractivity contribution is 5.38. The molecule has 1 heterocycles. The number of nitrogens with one attached hydrogen (secondary N) is 1. The Morgan fingerprint density at radius 2 is 1.95 bits per heavy atom. The van der Waals surface area contributed by atoms with Crippen LogP contribution in [-0.4, -0.2) is 53.7 Å². The second kappa shape index (κ2) is 9.04. The summed E-state index contributed by atoms with van der Waals surface area (Å²) in [6.07, 6.45) is 1.98. The largest absolute Gasteiger partial charge is 0.382 e. The van der Waals surface area contributed by atoms with Gasteiger partial charge in [0.25, 0.3) is 0 Å². The number of rotatable bonds is 10. The average Bonchev–Trinajstić information content (AvgIpc) is 2.99. The molecule has 0 saturated carbocycles. The number of ether oxygens (including phenoxy) is 2. The molecule has 2 rings (SSSR count). The molecule has 0 amide bonds. The van der Waals surface area contributed by atoms with Crippen molar-refractivity contribution in [1.29, 1.82) is 0 Å². The predicted octanol–water partition coefficient (Wildman–Crippen LogP) is 1.52. The third-order valence-electron chi connectivity index (χ3n) is 2.90. The van der Waals surface area contributed by atoms with Crippen molar-refractivity contribution in [2.24, 2.45) is 0 Å². The maximum atomic E-state index is 5.41. The lowest BCUT2D eigenvalue weighted by Gasteiger charge is -2.07. The van der Waals surface area contributed by atoms with Crippen LogP contribution in [0.4, 0.5) is 5.95 Å². The molecule has 0 atom stereocenters. The molecule has 0 fully saturated rings. The summed E-state index contributed by atoms with van der Waals surface area (Å²) in [6.45, 7) is 2.84. The minimum Gasteiger partial charge on any atom is -0.382 e. The molecule has 0 aliphatic rings. The van der Waals surface area contributed by atoms with Gasteiger partial charge in [0, 0.05) is 20.3 Å². The van der Waals surface area contributed by atoms with E-state index >= 15 is 0 Å². The summed E-state index contributed by atoms with van der Waals surface area (Å²) >= 11 is 0. The first kappa shape index (κ1) is 15.4. The molecule has 1 aromatic heterocycles. The Labute approximate surface area is 124 Å². The van der Waals surface area contributed by atoms with Gasteiger partial charge in [-0.15, -0.1) is 0 Å². The highest BCUT2D eigenvalue weighted by atomic mass is 16.5. The minimum absolute atomic E-state index is 0.643. The maximum Gasteiger partial charge on any atom is 0.247 e. The van der Waals surface area contributed by atoms with Crippen LogP contribution in [0.2, 0.25) is 0 Å². The Morgan fingerprint density at radius 1 is 1.10 bits per heavy atom. The second-order valence-electron chi connectivity index (χ2n) is 4.49. The molecule has 0 bridgehead atoms. The van der Waals surface area contributed by atoms with E-state index in [0.29, 0.717) is 19.2 Å². The Hall–Kier alpha value is -1.99.